The third-order valence-corrected chi connectivity index (χ3v) is 2.72. The number of pyridine rings is 2. The predicted octanol–water partition coefficient (Wildman–Crippen LogP) is 3.05. The molecular weight excluding hydrogens is 307 g/mol. The van der Waals surface area contributed by atoms with Crippen LogP contribution in [0.4, 0.5) is 13.2 Å². The lowest BCUT2D eigenvalue weighted by molar-refractivity contribution is -0.141. The number of nitrogens with zero attached hydrogens (tertiary/aromatic N) is 2. The molecule has 0 bridgehead atoms. The van der Waals surface area contributed by atoms with Crippen molar-refractivity contribution in [3.63, 3.8) is 0 Å². The topological polar surface area (TPSA) is 61.0 Å². The van der Waals surface area contributed by atoms with Crippen molar-refractivity contribution in [1.29, 1.82) is 0 Å². The van der Waals surface area contributed by atoms with Gasteiger partial charge in [0.05, 0.1) is 19.0 Å². The molecule has 0 fully saturated rings. The number of hydrogen-bond acceptors (Lipinski definition) is 4. The zero-order valence-corrected chi connectivity index (χ0v) is 11.8. The van der Waals surface area contributed by atoms with Gasteiger partial charge in [0.15, 0.2) is 0 Å². The van der Waals surface area contributed by atoms with Crippen LogP contribution < -0.4 is 10.5 Å². The number of rotatable bonds is 3. The van der Waals surface area contributed by atoms with E-state index in [9.17, 15) is 13.2 Å². The van der Waals surface area contributed by atoms with Gasteiger partial charge in [0.2, 0.25) is 0 Å². The predicted molar refractivity (Wildman–Crippen MR) is 74.2 cm³/mol. The third kappa shape index (κ3) is 3.83. The van der Waals surface area contributed by atoms with E-state index in [1.54, 1.807) is 6.07 Å². The first-order valence-corrected chi connectivity index (χ1v) is 5.72. The van der Waals surface area contributed by atoms with E-state index >= 15 is 0 Å². The normalized spacial score (nSPS) is 10.9. The SMILES string of the molecule is COc1cnc(CN)cc1-c1ccc(C(F)(F)F)nc1.Cl. The van der Waals surface area contributed by atoms with Gasteiger partial charge in [0, 0.05) is 23.9 Å². The van der Waals surface area contributed by atoms with E-state index in [4.69, 9.17) is 10.5 Å². The highest BCUT2D eigenvalue weighted by Crippen LogP contribution is 2.32. The van der Waals surface area contributed by atoms with Gasteiger partial charge in [-0.25, -0.2) is 0 Å². The molecule has 2 rings (SSSR count). The minimum absolute atomic E-state index is 0. The number of methoxy groups -OCH3 is 1. The maximum Gasteiger partial charge on any atom is 0.433 e. The molecule has 0 unspecified atom stereocenters. The van der Waals surface area contributed by atoms with Crippen LogP contribution in [0.15, 0.2) is 30.6 Å². The summed E-state index contributed by atoms with van der Waals surface area (Å²) in [6, 6.07) is 3.94. The van der Waals surface area contributed by atoms with E-state index < -0.39 is 11.9 Å². The standard InChI is InChI=1S/C13H12F3N3O.ClH/c1-20-11-7-18-9(5-17)4-10(11)8-2-3-12(19-6-8)13(14,15)16;/h2-4,6-7H,5,17H2,1H3;1H. The summed E-state index contributed by atoms with van der Waals surface area (Å²) in [7, 11) is 1.46. The van der Waals surface area contributed by atoms with Gasteiger partial charge in [0.1, 0.15) is 11.4 Å². The Labute approximate surface area is 125 Å². The Morgan fingerprint density at radius 3 is 2.38 bits per heavy atom. The Morgan fingerprint density at radius 1 is 1.19 bits per heavy atom. The van der Waals surface area contributed by atoms with Crippen molar-refractivity contribution >= 4 is 12.4 Å². The summed E-state index contributed by atoms with van der Waals surface area (Å²) < 4.78 is 42.6. The van der Waals surface area contributed by atoms with Crippen molar-refractivity contribution in [2.75, 3.05) is 7.11 Å². The summed E-state index contributed by atoms with van der Waals surface area (Å²) in [6.07, 6.45) is -1.82. The fourth-order valence-electron chi connectivity index (χ4n) is 1.71. The van der Waals surface area contributed by atoms with Gasteiger partial charge in [-0.2, -0.15) is 13.2 Å². The van der Waals surface area contributed by atoms with Crippen LogP contribution in [-0.2, 0) is 12.7 Å². The maximum atomic E-state index is 12.5. The van der Waals surface area contributed by atoms with Gasteiger partial charge >= 0.3 is 6.18 Å². The molecular formula is C13H13ClF3N3O. The largest absolute Gasteiger partial charge is 0.494 e. The molecule has 21 heavy (non-hydrogen) atoms. The second-order valence-corrected chi connectivity index (χ2v) is 4.01. The van der Waals surface area contributed by atoms with Crippen LogP contribution in [-0.4, -0.2) is 17.1 Å². The molecule has 4 nitrogen and oxygen atoms in total. The van der Waals surface area contributed by atoms with Crippen LogP contribution in [0.25, 0.3) is 11.1 Å². The molecule has 0 aliphatic carbocycles. The molecule has 2 aromatic rings. The fraction of sp³-hybridized carbons (Fsp3) is 0.231. The monoisotopic (exact) mass is 319 g/mol. The Balaban J connectivity index is 0.00000220. The zero-order valence-electron chi connectivity index (χ0n) is 11.0. The fourth-order valence-corrected chi connectivity index (χ4v) is 1.71. The maximum absolute atomic E-state index is 12.5. The average Bonchev–Trinajstić information content (AvgIpc) is 2.45. The lowest BCUT2D eigenvalue weighted by Crippen LogP contribution is -2.07. The van der Waals surface area contributed by atoms with Crippen molar-refractivity contribution < 1.29 is 17.9 Å². The molecule has 2 N–H and O–H groups in total. The summed E-state index contributed by atoms with van der Waals surface area (Å²) in [4.78, 5) is 7.49. The highest BCUT2D eigenvalue weighted by atomic mass is 35.5. The first-order valence-electron chi connectivity index (χ1n) is 5.72. The Kier molecular flexibility index (Phi) is 5.51. The Bertz CT molecular complexity index is 603. The number of alkyl halides is 3. The van der Waals surface area contributed by atoms with Crippen molar-refractivity contribution in [2.24, 2.45) is 5.73 Å². The molecule has 114 valence electrons. The average molecular weight is 320 g/mol. The summed E-state index contributed by atoms with van der Waals surface area (Å²) in [5.74, 6) is 0.448. The van der Waals surface area contributed by atoms with E-state index in [1.807, 2.05) is 0 Å². The lowest BCUT2D eigenvalue weighted by atomic mass is 10.1. The molecule has 0 saturated carbocycles. The number of aromatic nitrogens is 2. The van der Waals surface area contributed by atoms with E-state index in [0.29, 0.717) is 22.6 Å². The lowest BCUT2D eigenvalue weighted by Gasteiger charge is -2.11. The molecule has 8 heteroatoms. The number of ether oxygens (including phenoxy) is 1. The number of halogens is 4. The molecule has 0 spiro atoms. The van der Waals surface area contributed by atoms with Crippen LogP contribution in [0, 0.1) is 0 Å². The molecule has 0 aliphatic heterocycles. The van der Waals surface area contributed by atoms with Gasteiger partial charge in [0.25, 0.3) is 0 Å². The second kappa shape index (κ2) is 6.73. The van der Waals surface area contributed by atoms with Crippen LogP contribution in [0.1, 0.15) is 11.4 Å². The molecule has 0 amide bonds. The van der Waals surface area contributed by atoms with E-state index in [2.05, 4.69) is 9.97 Å². The minimum atomic E-state index is -4.46. The molecule has 0 aromatic carbocycles. The molecule has 2 aromatic heterocycles. The summed E-state index contributed by atoms with van der Waals surface area (Å²) in [5.41, 5.74) is 6.28. The van der Waals surface area contributed by atoms with Gasteiger partial charge in [-0.05, 0) is 12.1 Å². The molecule has 0 atom stereocenters. The highest BCUT2D eigenvalue weighted by Gasteiger charge is 2.32. The first kappa shape index (κ1) is 17.2. The number of nitrogens with two attached hydrogens (primary N) is 1. The van der Waals surface area contributed by atoms with Crippen molar-refractivity contribution in [3.8, 4) is 16.9 Å². The van der Waals surface area contributed by atoms with Crippen molar-refractivity contribution in [3.05, 3.63) is 42.0 Å². The van der Waals surface area contributed by atoms with E-state index in [1.165, 1.54) is 19.4 Å². The molecule has 0 radical (unpaired) electrons. The van der Waals surface area contributed by atoms with Crippen molar-refractivity contribution in [1.82, 2.24) is 9.97 Å². The quantitative estimate of drug-likeness (QED) is 0.944. The zero-order chi connectivity index (χ0) is 14.8. The van der Waals surface area contributed by atoms with Gasteiger partial charge in [-0.1, -0.05) is 6.07 Å². The summed E-state index contributed by atoms with van der Waals surface area (Å²) in [5, 5.41) is 0. The molecule has 0 aliphatic rings. The van der Waals surface area contributed by atoms with Gasteiger partial charge < -0.3 is 10.5 Å². The Hall–Kier alpha value is -1.86. The van der Waals surface area contributed by atoms with Crippen molar-refractivity contribution in [2.45, 2.75) is 12.7 Å². The summed E-state index contributed by atoms with van der Waals surface area (Å²) in [6.45, 7) is 0.227. The van der Waals surface area contributed by atoms with Crippen LogP contribution in [0.3, 0.4) is 0 Å². The van der Waals surface area contributed by atoms with Gasteiger partial charge in [-0.3, -0.25) is 9.97 Å². The van der Waals surface area contributed by atoms with Crippen LogP contribution in [0.5, 0.6) is 5.75 Å². The minimum Gasteiger partial charge on any atom is -0.494 e. The first-order chi connectivity index (χ1) is 9.45. The molecule has 0 saturated heterocycles. The smallest absolute Gasteiger partial charge is 0.433 e. The van der Waals surface area contributed by atoms with Gasteiger partial charge in [-0.15, -0.1) is 12.4 Å². The highest BCUT2D eigenvalue weighted by molar-refractivity contribution is 5.85. The second-order valence-electron chi connectivity index (χ2n) is 4.01. The van der Waals surface area contributed by atoms with E-state index in [-0.39, 0.29) is 19.0 Å². The van der Waals surface area contributed by atoms with E-state index in [0.717, 1.165) is 12.3 Å². The van der Waals surface area contributed by atoms with Crippen LogP contribution in [0.2, 0.25) is 0 Å². The third-order valence-electron chi connectivity index (χ3n) is 2.72. The molecule has 2 heterocycles. The van der Waals surface area contributed by atoms with Crippen LogP contribution >= 0.6 is 12.4 Å². The summed E-state index contributed by atoms with van der Waals surface area (Å²) >= 11 is 0. The Morgan fingerprint density at radius 2 is 1.90 bits per heavy atom. The number of hydrogen-bond donors (Lipinski definition) is 1.